The van der Waals surface area contributed by atoms with E-state index >= 15 is 0 Å². The van der Waals surface area contributed by atoms with Crippen LogP contribution in [0.3, 0.4) is 0 Å². The highest BCUT2D eigenvalue weighted by Gasteiger charge is 2.19. The third kappa shape index (κ3) is 3.72. The van der Waals surface area contributed by atoms with E-state index in [1.807, 2.05) is 38.1 Å². The smallest absolute Gasteiger partial charge is 0.254 e. The standard InChI is InChI=1S/C16H19N3O2/c1-11(2)19(10-12-3-5-14(17)6-4-12)16(21)13-7-8-18-15(20)9-13/h3-9,11H,10,17H2,1-2H3,(H,18,20). The molecule has 0 unspecified atom stereocenters. The Morgan fingerprint density at radius 2 is 1.90 bits per heavy atom. The van der Waals surface area contributed by atoms with Crippen molar-refractivity contribution in [2.45, 2.75) is 26.4 Å². The van der Waals surface area contributed by atoms with E-state index in [2.05, 4.69) is 4.98 Å². The number of nitrogens with one attached hydrogen (secondary N) is 1. The van der Waals surface area contributed by atoms with Gasteiger partial charge in [-0.3, -0.25) is 9.59 Å². The van der Waals surface area contributed by atoms with Crippen LogP contribution in [0.15, 0.2) is 47.4 Å². The number of pyridine rings is 1. The van der Waals surface area contributed by atoms with Crippen molar-refractivity contribution in [3.05, 3.63) is 64.1 Å². The number of anilines is 1. The number of carbonyl (C=O) groups is 1. The first-order valence-corrected chi connectivity index (χ1v) is 6.81. The van der Waals surface area contributed by atoms with E-state index < -0.39 is 0 Å². The molecule has 110 valence electrons. The Bertz CT molecular complexity index is 674. The first kappa shape index (κ1) is 14.8. The van der Waals surface area contributed by atoms with Gasteiger partial charge in [0.25, 0.3) is 5.91 Å². The Labute approximate surface area is 123 Å². The van der Waals surface area contributed by atoms with Crippen molar-refractivity contribution >= 4 is 11.6 Å². The first-order valence-electron chi connectivity index (χ1n) is 6.81. The van der Waals surface area contributed by atoms with E-state index in [0.29, 0.717) is 17.8 Å². The Balaban J connectivity index is 2.24. The summed E-state index contributed by atoms with van der Waals surface area (Å²) >= 11 is 0. The van der Waals surface area contributed by atoms with Crippen LogP contribution in [0.1, 0.15) is 29.8 Å². The molecule has 1 amide bonds. The van der Waals surface area contributed by atoms with Gasteiger partial charge in [0.15, 0.2) is 0 Å². The molecular formula is C16H19N3O2. The molecule has 5 nitrogen and oxygen atoms in total. The molecule has 0 aliphatic carbocycles. The van der Waals surface area contributed by atoms with Crippen LogP contribution >= 0.6 is 0 Å². The third-order valence-corrected chi connectivity index (χ3v) is 3.24. The Morgan fingerprint density at radius 1 is 1.24 bits per heavy atom. The van der Waals surface area contributed by atoms with Crippen molar-refractivity contribution in [2.75, 3.05) is 5.73 Å². The number of nitrogens with zero attached hydrogens (tertiary/aromatic N) is 1. The lowest BCUT2D eigenvalue weighted by atomic mass is 10.1. The maximum Gasteiger partial charge on any atom is 0.254 e. The molecule has 0 saturated heterocycles. The molecule has 0 aliphatic rings. The van der Waals surface area contributed by atoms with Gasteiger partial charge in [-0.05, 0) is 37.6 Å². The molecule has 1 aromatic heterocycles. The SMILES string of the molecule is CC(C)N(Cc1ccc(N)cc1)C(=O)c1cc[nH]c(=O)c1. The van der Waals surface area contributed by atoms with Gasteiger partial charge in [-0.25, -0.2) is 0 Å². The number of nitrogens with two attached hydrogens (primary N) is 1. The number of hydrogen-bond donors (Lipinski definition) is 2. The van der Waals surface area contributed by atoms with E-state index in [1.54, 1.807) is 11.0 Å². The van der Waals surface area contributed by atoms with Gasteiger partial charge >= 0.3 is 0 Å². The van der Waals surface area contributed by atoms with Crippen molar-refractivity contribution < 1.29 is 4.79 Å². The number of aromatic nitrogens is 1. The minimum Gasteiger partial charge on any atom is -0.399 e. The maximum atomic E-state index is 12.6. The molecule has 1 aromatic carbocycles. The third-order valence-electron chi connectivity index (χ3n) is 3.24. The second kappa shape index (κ2) is 6.26. The van der Waals surface area contributed by atoms with Gasteiger partial charge in [-0.1, -0.05) is 12.1 Å². The molecule has 2 rings (SSSR count). The summed E-state index contributed by atoms with van der Waals surface area (Å²) in [5.74, 6) is -0.159. The number of carbonyl (C=O) groups excluding carboxylic acids is 1. The van der Waals surface area contributed by atoms with Crippen molar-refractivity contribution in [2.24, 2.45) is 0 Å². The summed E-state index contributed by atoms with van der Waals surface area (Å²) < 4.78 is 0. The summed E-state index contributed by atoms with van der Waals surface area (Å²) in [4.78, 5) is 28.1. The van der Waals surface area contributed by atoms with Gasteiger partial charge in [0.05, 0.1) is 0 Å². The predicted molar refractivity (Wildman–Crippen MR) is 82.9 cm³/mol. The predicted octanol–water partition coefficient (Wildman–Crippen LogP) is 2.01. The highest BCUT2D eigenvalue weighted by atomic mass is 16.2. The van der Waals surface area contributed by atoms with Crippen molar-refractivity contribution in [3.63, 3.8) is 0 Å². The Kier molecular flexibility index (Phi) is 4.42. The highest BCUT2D eigenvalue weighted by molar-refractivity contribution is 5.94. The molecule has 0 saturated carbocycles. The zero-order valence-corrected chi connectivity index (χ0v) is 12.2. The quantitative estimate of drug-likeness (QED) is 0.843. The Morgan fingerprint density at radius 3 is 2.48 bits per heavy atom. The summed E-state index contributed by atoms with van der Waals surface area (Å²) in [7, 11) is 0. The molecule has 2 aromatic rings. The van der Waals surface area contributed by atoms with Crippen LogP contribution in [-0.4, -0.2) is 21.8 Å². The minimum absolute atomic E-state index is 0.0225. The summed E-state index contributed by atoms with van der Waals surface area (Å²) in [5, 5.41) is 0. The molecule has 0 fully saturated rings. The lowest BCUT2D eigenvalue weighted by Crippen LogP contribution is -2.36. The van der Waals surface area contributed by atoms with Gasteiger partial charge in [0.1, 0.15) is 0 Å². The zero-order valence-electron chi connectivity index (χ0n) is 12.2. The van der Waals surface area contributed by atoms with Crippen molar-refractivity contribution in [1.29, 1.82) is 0 Å². The molecule has 0 aliphatic heterocycles. The van der Waals surface area contributed by atoms with Gasteiger partial charge in [0.2, 0.25) is 5.56 Å². The minimum atomic E-state index is -0.281. The Hall–Kier alpha value is -2.56. The topological polar surface area (TPSA) is 79.2 Å². The molecule has 0 spiro atoms. The second-order valence-corrected chi connectivity index (χ2v) is 5.21. The van der Waals surface area contributed by atoms with Crippen LogP contribution in [0.25, 0.3) is 0 Å². The van der Waals surface area contributed by atoms with Crippen LogP contribution < -0.4 is 11.3 Å². The fraction of sp³-hybridized carbons (Fsp3) is 0.250. The van der Waals surface area contributed by atoms with E-state index in [0.717, 1.165) is 5.56 Å². The first-order chi connectivity index (χ1) is 9.97. The average Bonchev–Trinajstić information content (AvgIpc) is 2.45. The van der Waals surface area contributed by atoms with Crippen LogP contribution in [-0.2, 0) is 6.54 Å². The summed E-state index contributed by atoms with van der Waals surface area (Å²) in [6.45, 7) is 4.37. The van der Waals surface area contributed by atoms with E-state index in [4.69, 9.17) is 5.73 Å². The number of nitrogen functional groups attached to an aromatic ring is 1. The van der Waals surface area contributed by atoms with E-state index in [-0.39, 0.29) is 17.5 Å². The molecule has 1 heterocycles. The molecule has 5 heteroatoms. The summed E-state index contributed by atoms with van der Waals surface area (Å²) in [6.07, 6.45) is 1.48. The largest absolute Gasteiger partial charge is 0.399 e. The monoisotopic (exact) mass is 285 g/mol. The fourth-order valence-corrected chi connectivity index (χ4v) is 2.05. The molecule has 21 heavy (non-hydrogen) atoms. The lowest BCUT2D eigenvalue weighted by Gasteiger charge is -2.27. The number of amides is 1. The van der Waals surface area contributed by atoms with Crippen LogP contribution in [0.5, 0.6) is 0 Å². The molecule has 0 bridgehead atoms. The highest BCUT2D eigenvalue weighted by Crippen LogP contribution is 2.14. The van der Waals surface area contributed by atoms with Gasteiger partial charge < -0.3 is 15.6 Å². The fourth-order valence-electron chi connectivity index (χ4n) is 2.05. The number of benzene rings is 1. The van der Waals surface area contributed by atoms with Gasteiger partial charge in [-0.2, -0.15) is 0 Å². The maximum absolute atomic E-state index is 12.6. The molecule has 3 N–H and O–H groups in total. The number of rotatable bonds is 4. The number of H-pyrrole nitrogens is 1. The molecule has 0 atom stereocenters. The lowest BCUT2D eigenvalue weighted by molar-refractivity contribution is 0.0690. The van der Waals surface area contributed by atoms with Gasteiger partial charge in [0, 0.05) is 36.1 Å². The number of hydrogen-bond acceptors (Lipinski definition) is 3. The van der Waals surface area contributed by atoms with Crippen LogP contribution in [0.2, 0.25) is 0 Å². The summed E-state index contributed by atoms with van der Waals surface area (Å²) in [5.41, 5.74) is 7.46. The molecular weight excluding hydrogens is 266 g/mol. The number of aromatic amines is 1. The average molecular weight is 285 g/mol. The molecule has 0 radical (unpaired) electrons. The van der Waals surface area contributed by atoms with Gasteiger partial charge in [-0.15, -0.1) is 0 Å². The van der Waals surface area contributed by atoms with Crippen LogP contribution in [0.4, 0.5) is 5.69 Å². The summed E-state index contributed by atoms with van der Waals surface area (Å²) in [6, 6.07) is 10.4. The van der Waals surface area contributed by atoms with Crippen molar-refractivity contribution in [1.82, 2.24) is 9.88 Å². The second-order valence-electron chi connectivity index (χ2n) is 5.21. The normalized spacial score (nSPS) is 10.6. The van der Waals surface area contributed by atoms with E-state index in [9.17, 15) is 9.59 Å². The van der Waals surface area contributed by atoms with Crippen molar-refractivity contribution in [3.8, 4) is 0 Å². The zero-order chi connectivity index (χ0) is 15.4. The van der Waals surface area contributed by atoms with Crippen LogP contribution in [0, 0.1) is 0 Å². The van der Waals surface area contributed by atoms with E-state index in [1.165, 1.54) is 12.3 Å².